The van der Waals surface area contributed by atoms with Crippen LogP contribution in [0.5, 0.6) is 5.75 Å². The van der Waals surface area contributed by atoms with Crippen molar-refractivity contribution in [3.63, 3.8) is 0 Å². The summed E-state index contributed by atoms with van der Waals surface area (Å²) in [6.07, 6.45) is 4.47. The minimum Gasteiger partial charge on any atom is -0.496 e. The molecule has 126 valence electrons. The molecule has 4 nitrogen and oxygen atoms in total. The fourth-order valence-corrected chi connectivity index (χ4v) is 2.69. The molecule has 23 heavy (non-hydrogen) atoms. The van der Waals surface area contributed by atoms with Crippen LogP contribution in [-0.2, 0) is 6.54 Å². The van der Waals surface area contributed by atoms with E-state index < -0.39 is 5.60 Å². The number of benzene rings is 1. The van der Waals surface area contributed by atoms with Crippen LogP contribution in [0.1, 0.15) is 51.2 Å². The second-order valence-electron chi connectivity index (χ2n) is 7.07. The van der Waals surface area contributed by atoms with E-state index in [1.54, 1.807) is 7.11 Å². The van der Waals surface area contributed by atoms with E-state index in [0.29, 0.717) is 12.3 Å². The summed E-state index contributed by atoms with van der Waals surface area (Å²) in [7, 11) is 1.71. The maximum Gasteiger partial charge on any atom is 0.140 e. The summed E-state index contributed by atoms with van der Waals surface area (Å²) in [5.74, 6) is 2.25. The molecule has 0 aliphatic heterocycles. The van der Waals surface area contributed by atoms with Crippen molar-refractivity contribution in [1.29, 1.82) is 0 Å². The van der Waals surface area contributed by atoms with Gasteiger partial charge in [-0.3, -0.25) is 0 Å². The van der Waals surface area contributed by atoms with Crippen LogP contribution in [0.2, 0.25) is 0 Å². The van der Waals surface area contributed by atoms with Crippen LogP contribution in [0.3, 0.4) is 0 Å². The quantitative estimate of drug-likeness (QED) is 0.871. The predicted molar refractivity (Wildman–Crippen MR) is 94.0 cm³/mol. The van der Waals surface area contributed by atoms with E-state index in [-0.39, 0.29) is 0 Å². The number of aromatic nitrogens is 2. The molecule has 0 amide bonds. The average molecular weight is 316 g/mol. The van der Waals surface area contributed by atoms with E-state index in [9.17, 15) is 5.11 Å². The van der Waals surface area contributed by atoms with Gasteiger partial charge < -0.3 is 14.4 Å². The highest BCUT2D eigenvalue weighted by molar-refractivity contribution is 5.64. The smallest absolute Gasteiger partial charge is 0.140 e. The van der Waals surface area contributed by atoms with E-state index >= 15 is 0 Å². The normalized spacial score (nSPS) is 12.0. The number of hydrogen-bond acceptors (Lipinski definition) is 3. The molecule has 0 bridgehead atoms. The van der Waals surface area contributed by atoms with Gasteiger partial charge >= 0.3 is 0 Å². The number of nitrogens with zero attached hydrogens (tertiary/aromatic N) is 2. The Balaban J connectivity index is 2.43. The number of imidazole rings is 1. The van der Waals surface area contributed by atoms with Gasteiger partial charge in [-0.15, -0.1) is 0 Å². The van der Waals surface area contributed by atoms with Gasteiger partial charge in [0.15, 0.2) is 0 Å². The third-order valence-corrected chi connectivity index (χ3v) is 4.12. The Morgan fingerprint density at radius 3 is 2.57 bits per heavy atom. The largest absolute Gasteiger partial charge is 0.496 e. The molecule has 1 heterocycles. The summed E-state index contributed by atoms with van der Waals surface area (Å²) in [5, 5.41) is 9.97. The monoisotopic (exact) mass is 316 g/mol. The van der Waals surface area contributed by atoms with Gasteiger partial charge in [0.05, 0.1) is 12.7 Å². The Kier molecular flexibility index (Phi) is 5.15. The van der Waals surface area contributed by atoms with Crippen molar-refractivity contribution in [1.82, 2.24) is 9.55 Å². The molecule has 0 spiro atoms. The first kappa shape index (κ1) is 17.5. The fourth-order valence-electron chi connectivity index (χ4n) is 2.69. The zero-order chi connectivity index (χ0) is 17.2. The Bertz CT molecular complexity index is 666. The lowest BCUT2D eigenvalue weighted by Gasteiger charge is -2.19. The minimum atomic E-state index is -0.681. The number of ether oxygens (including phenoxy) is 1. The molecular formula is C19H28N2O2. The molecule has 0 fully saturated rings. The molecule has 1 aromatic carbocycles. The summed E-state index contributed by atoms with van der Waals surface area (Å²) in [4.78, 5) is 4.54. The fraction of sp³-hybridized carbons (Fsp3) is 0.526. The third kappa shape index (κ3) is 4.14. The maximum atomic E-state index is 9.97. The van der Waals surface area contributed by atoms with Crippen molar-refractivity contribution in [2.75, 3.05) is 7.11 Å². The highest BCUT2D eigenvalue weighted by Gasteiger charge is 2.17. The predicted octanol–water partition coefficient (Wildman–Crippen LogP) is 4.15. The molecule has 0 aliphatic rings. The van der Waals surface area contributed by atoms with Crippen LogP contribution in [0.15, 0.2) is 24.5 Å². The lowest BCUT2D eigenvalue weighted by Crippen LogP contribution is -2.21. The Morgan fingerprint density at radius 1 is 1.30 bits per heavy atom. The summed E-state index contributed by atoms with van der Waals surface area (Å²) in [6.45, 7) is 10.8. The van der Waals surface area contributed by atoms with Crippen molar-refractivity contribution in [3.05, 3.63) is 35.7 Å². The molecule has 4 heteroatoms. The molecule has 2 aromatic rings. The van der Waals surface area contributed by atoms with E-state index in [1.807, 2.05) is 26.2 Å². The molecule has 1 aromatic heterocycles. The third-order valence-electron chi connectivity index (χ3n) is 4.12. The van der Waals surface area contributed by atoms with Crippen molar-refractivity contribution in [3.8, 4) is 17.1 Å². The molecule has 0 aliphatic carbocycles. The SMILES string of the molecule is COc1cc(C)c(-c2nccn2CCC(C)(C)O)cc1C(C)C. The average Bonchev–Trinajstić information content (AvgIpc) is 2.91. The van der Waals surface area contributed by atoms with Crippen molar-refractivity contribution in [2.45, 2.75) is 59.1 Å². The molecular weight excluding hydrogens is 288 g/mol. The molecule has 1 N–H and O–H groups in total. The Labute approximate surface area is 139 Å². The van der Waals surface area contributed by atoms with E-state index in [2.05, 4.69) is 42.5 Å². The molecule has 0 unspecified atom stereocenters. The van der Waals surface area contributed by atoms with Crippen molar-refractivity contribution < 1.29 is 9.84 Å². The van der Waals surface area contributed by atoms with Gasteiger partial charge in [0.2, 0.25) is 0 Å². The van der Waals surface area contributed by atoms with Gasteiger partial charge in [-0.05, 0) is 56.4 Å². The van der Waals surface area contributed by atoms with Crippen LogP contribution in [-0.4, -0.2) is 27.4 Å². The van der Waals surface area contributed by atoms with E-state index in [1.165, 1.54) is 5.56 Å². The van der Waals surface area contributed by atoms with E-state index in [4.69, 9.17) is 4.74 Å². The molecule has 2 rings (SSSR count). The lowest BCUT2D eigenvalue weighted by atomic mass is 9.96. The lowest BCUT2D eigenvalue weighted by molar-refractivity contribution is 0.0663. The zero-order valence-electron chi connectivity index (χ0n) is 15.1. The number of rotatable bonds is 6. The Morgan fingerprint density at radius 2 is 2.00 bits per heavy atom. The highest BCUT2D eigenvalue weighted by Crippen LogP contribution is 2.34. The maximum absolute atomic E-state index is 9.97. The molecule has 0 saturated carbocycles. The summed E-state index contributed by atoms with van der Waals surface area (Å²) < 4.78 is 7.63. The topological polar surface area (TPSA) is 47.3 Å². The minimum absolute atomic E-state index is 0.379. The van der Waals surface area contributed by atoms with Gasteiger partial charge in [0, 0.05) is 24.5 Å². The van der Waals surface area contributed by atoms with Crippen LogP contribution in [0.25, 0.3) is 11.4 Å². The molecule has 0 atom stereocenters. The number of aryl methyl sites for hydroxylation is 2. The van der Waals surface area contributed by atoms with Gasteiger partial charge in [-0.25, -0.2) is 4.98 Å². The van der Waals surface area contributed by atoms with Gasteiger partial charge in [-0.2, -0.15) is 0 Å². The first-order valence-corrected chi connectivity index (χ1v) is 8.15. The summed E-state index contributed by atoms with van der Waals surface area (Å²) in [6, 6.07) is 4.27. The van der Waals surface area contributed by atoms with Gasteiger partial charge in [0.1, 0.15) is 11.6 Å². The number of aliphatic hydroxyl groups is 1. The number of hydrogen-bond donors (Lipinski definition) is 1. The molecule has 0 saturated heterocycles. The first-order valence-electron chi connectivity index (χ1n) is 8.15. The Hall–Kier alpha value is -1.81. The van der Waals surface area contributed by atoms with E-state index in [0.717, 1.165) is 29.2 Å². The summed E-state index contributed by atoms with van der Waals surface area (Å²) in [5.41, 5.74) is 2.77. The van der Waals surface area contributed by atoms with Crippen LogP contribution in [0, 0.1) is 6.92 Å². The van der Waals surface area contributed by atoms with Crippen LogP contribution in [0.4, 0.5) is 0 Å². The number of methoxy groups -OCH3 is 1. The second kappa shape index (κ2) is 6.75. The summed E-state index contributed by atoms with van der Waals surface area (Å²) >= 11 is 0. The van der Waals surface area contributed by atoms with Crippen molar-refractivity contribution in [2.24, 2.45) is 0 Å². The van der Waals surface area contributed by atoms with Gasteiger partial charge in [-0.1, -0.05) is 13.8 Å². The second-order valence-corrected chi connectivity index (χ2v) is 7.07. The standard InChI is InChI=1S/C19H28N2O2/c1-13(2)15-12-16(14(3)11-17(15)23-6)18-20-8-10-21(18)9-7-19(4,5)22/h8,10-13,22H,7,9H2,1-6H3. The molecule has 0 radical (unpaired) electrons. The zero-order valence-corrected chi connectivity index (χ0v) is 15.1. The van der Waals surface area contributed by atoms with Crippen LogP contribution < -0.4 is 4.74 Å². The van der Waals surface area contributed by atoms with Gasteiger partial charge in [0.25, 0.3) is 0 Å². The highest BCUT2D eigenvalue weighted by atomic mass is 16.5. The van der Waals surface area contributed by atoms with Crippen LogP contribution >= 0.6 is 0 Å². The first-order chi connectivity index (χ1) is 10.7. The van der Waals surface area contributed by atoms with Crippen molar-refractivity contribution >= 4 is 0 Å².